The van der Waals surface area contributed by atoms with Gasteiger partial charge in [0.2, 0.25) is 0 Å². The van der Waals surface area contributed by atoms with Crippen molar-refractivity contribution in [1.29, 1.82) is 0 Å². The summed E-state index contributed by atoms with van der Waals surface area (Å²) >= 11 is 6.18. The summed E-state index contributed by atoms with van der Waals surface area (Å²) in [7, 11) is 1.53. The maximum Gasteiger partial charge on any atom is 0.282 e. The molecule has 0 radical (unpaired) electrons. The van der Waals surface area contributed by atoms with E-state index < -0.39 is 5.91 Å². The Hall–Kier alpha value is -3.57. The maximum atomic E-state index is 13.6. The molecule has 3 aromatic rings. The molecule has 0 atom stereocenters. The number of halogens is 1. The Morgan fingerprint density at radius 3 is 2.22 bits per heavy atom. The second-order valence-corrected chi connectivity index (χ2v) is 8.24. The van der Waals surface area contributed by atoms with E-state index in [1.54, 1.807) is 24.3 Å². The van der Waals surface area contributed by atoms with Crippen molar-refractivity contribution in [2.45, 2.75) is 20.8 Å². The second-order valence-electron chi connectivity index (χ2n) is 7.80. The fourth-order valence-corrected chi connectivity index (χ4v) is 3.82. The molecule has 5 nitrogen and oxygen atoms in total. The number of hydrogen-bond acceptors (Lipinski definition) is 4. The van der Waals surface area contributed by atoms with Gasteiger partial charge in [0.1, 0.15) is 11.4 Å². The van der Waals surface area contributed by atoms with Crippen molar-refractivity contribution >= 4 is 40.4 Å². The first-order valence-corrected chi connectivity index (χ1v) is 10.6. The highest BCUT2D eigenvalue weighted by molar-refractivity contribution is 6.46. The van der Waals surface area contributed by atoms with Crippen LogP contribution in [0, 0.1) is 20.8 Å². The molecule has 32 heavy (non-hydrogen) atoms. The van der Waals surface area contributed by atoms with E-state index in [1.165, 1.54) is 12.0 Å². The zero-order chi connectivity index (χ0) is 23.0. The molecule has 0 aromatic heterocycles. The summed E-state index contributed by atoms with van der Waals surface area (Å²) in [5.74, 6) is -0.309. The van der Waals surface area contributed by atoms with E-state index in [-0.39, 0.29) is 11.6 Å². The van der Waals surface area contributed by atoms with E-state index in [4.69, 9.17) is 16.3 Å². The average Bonchev–Trinajstić information content (AvgIpc) is 3.00. The number of nitrogens with zero attached hydrogens (tertiary/aromatic N) is 1. The van der Waals surface area contributed by atoms with Gasteiger partial charge in [-0.25, -0.2) is 4.90 Å². The Kier molecular flexibility index (Phi) is 5.76. The molecule has 0 bridgehead atoms. The van der Waals surface area contributed by atoms with Crippen molar-refractivity contribution in [3.8, 4) is 5.75 Å². The summed E-state index contributed by atoms with van der Waals surface area (Å²) in [6.07, 6.45) is 0. The van der Waals surface area contributed by atoms with Gasteiger partial charge in [0, 0.05) is 5.02 Å². The lowest BCUT2D eigenvalue weighted by molar-refractivity contribution is -0.120. The van der Waals surface area contributed by atoms with Crippen LogP contribution in [-0.2, 0) is 9.59 Å². The van der Waals surface area contributed by atoms with E-state index in [0.717, 1.165) is 16.7 Å². The van der Waals surface area contributed by atoms with E-state index in [1.807, 2.05) is 57.2 Å². The van der Waals surface area contributed by atoms with Gasteiger partial charge in [-0.05, 0) is 67.8 Å². The summed E-state index contributed by atoms with van der Waals surface area (Å²) < 4.78 is 5.42. The first-order valence-electron chi connectivity index (χ1n) is 10.2. The Morgan fingerprint density at radius 1 is 0.844 bits per heavy atom. The number of carbonyl (C=O) groups is 2. The molecule has 1 aliphatic heterocycles. The third kappa shape index (κ3) is 3.87. The van der Waals surface area contributed by atoms with E-state index in [0.29, 0.717) is 33.3 Å². The standard InChI is InChI=1S/C26H23ClN2O3/c1-15-5-8-18(9-6-15)23-24(28-21-14-19(27)10-12-22(21)32-4)26(31)29(25(23)30)20-11-7-16(2)17(3)13-20/h5-14,28H,1-4H3. The number of aryl methyl sites for hydroxylation is 3. The molecule has 0 aliphatic carbocycles. The Balaban J connectivity index is 1.86. The number of hydrogen-bond donors (Lipinski definition) is 1. The van der Waals surface area contributed by atoms with Gasteiger partial charge >= 0.3 is 0 Å². The number of methoxy groups -OCH3 is 1. The predicted molar refractivity (Wildman–Crippen MR) is 128 cm³/mol. The topological polar surface area (TPSA) is 58.6 Å². The molecule has 1 heterocycles. The SMILES string of the molecule is COc1ccc(Cl)cc1NC1=C(c2ccc(C)cc2)C(=O)N(c2ccc(C)c(C)c2)C1=O. The second kappa shape index (κ2) is 8.52. The average molecular weight is 447 g/mol. The first kappa shape index (κ1) is 21.7. The minimum absolute atomic E-state index is 0.178. The maximum absolute atomic E-state index is 13.6. The van der Waals surface area contributed by atoms with Gasteiger partial charge in [0.15, 0.2) is 0 Å². The molecule has 0 fully saturated rings. The molecule has 0 saturated heterocycles. The number of ether oxygens (including phenoxy) is 1. The summed E-state index contributed by atoms with van der Waals surface area (Å²) in [5.41, 5.74) is 5.31. The smallest absolute Gasteiger partial charge is 0.282 e. The molecule has 1 aliphatic rings. The van der Waals surface area contributed by atoms with Gasteiger partial charge in [-0.2, -0.15) is 0 Å². The Morgan fingerprint density at radius 2 is 1.56 bits per heavy atom. The van der Waals surface area contributed by atoms with Crippen molar-refractivity contribution in [3.63, 3.8) is 0 Å². The third-order valence-electron chi connectivity index (χ3n) is 5.59. The van der Waals surface area contributed by atoms with Gasteiger partial charge in [-0.15, -0.1) is 0 Å². The number of amides is 2. The minimum atomic E-state index is -0.434. The number of imide groups is 1. The zero-order valence-electron chi connectivity index (χ0n) is 18.3. The van der Waals surface area contributed by atoms with Gasteiger partial charge < -0.3 is 10.1 Å². The van der Waals surface area contributed by atoms with Crippen LogP contribution in [0.15, 0.2) is 66.4 Å². The van der Waals surface area contributed by atoms with Crippen molar-refractivity contribution in [3.05, 3.63) is 93.6 Å². The summed E-state index contributed by atoms with van der Waals surface area (Å²) in [6, 6.07) is 18.1. The normalized spacial score (nSPS) is 13.7. The summed E-state index contributed by atoms with van der Waals surface area (Å²) in [6.45, 7) is 5.91. The van der Waals surface area contributed by atoms with Crippen LogP contribution in [-0.4, -0.2) is 18.9 Å². The van der Waals surface area contributed by atoms with Gasteiger partial charge in [-0.3, -0.25) is 9.59 Å². The lowest BCUT2D eigenvalue weighted by Gasteiger charge is -2.17. The fourth-order valence-electron chi connectivity index (χ4n) is 3.65. The van der Waals surface area contributed by atoms with E-state index in [2.05, 4.69) is 5.32 Å². The Labute approximate surface area is 192 Å². The summed E-state index contributed by atoms with van der Waals surface area (Å²) in [5, 5.41) is 3.61. The molecule has 4 rings (SSSR count). The van der Waals surface area contributed by atoms with Crippen LogP contribution in [0.2, 0.25) is 5.02 Å². The number of anilines is 2. The van der Waals surface area contributed by atoms with Crippen LogP contribution >= 0.6 is 11.6 Å². The summed E-state index contributed by atoms with van der Waals surface area (Å²) in [4.78, 5) is 28.3. The minimum Gasteiger partial charge on any atom is -0.495 e. The highest BCUT2D eigenvalue weighted by atomic mass is 35.5. The van der Waals surface area contributed by atoms with Crippen molar-refractivity contribution in [2.75, 3.05) is 17.3 Å². The van der Waals surface area contributed by atoms with Crippen LogP contribution in [0.25, 0.3) is 5.57 Å². The highest BCUT2D eigenvalue weighted by Crippen LogP contribution is 2.37. The van der Waals surface area contributed by atoms with Crippen LogP contribution in [0.1, 0.15) is 22.3 Å². The van der Waals surface area contributed by atoms with Gasteiger partial charge in [0.05, 0.1) is 24.1 Å². The van der Waals surface area contributed by atoms with Gasteiger partial charge in [0.25, 0.3) is 11.8 Å². The fraction of sp³-hybridized carbons (Fsp3) is 0.154. The molecule has 2 amide bonds. The van der Waals surface area contributed by atoms with E-state index >= 15 is 0 Å². The number of benzene rings is 3. The van der Waals surface area contributed by atoms with E-state index in [9.17, 15) is 9.59 Å². The predicted octanol–water partition coefficient (Wildman–Crippen LogP) is 5.67. The molecule has 0 spiro atoms. The molecule has 0 saturated carbocycles. The van der Waals surface area contributed by atoms with Gasteiger partial charge in [-0.1, -0.05) is 47.5 Å². The Bertz CT molecular complexity index is 1260. The molecule has 0 unspecified atom stereocenters. The van der Waals surface area contributed by atoms with Crippen LogP contribution in [0.5, 0.6) is 5.75 Å². The number of rotatable bonds is 5. The largest absolute Gasteiger partial charge is 0.495 e. The molecule has 1 N–H and O–H groups in total. The zero-order valence-corrected chi connectivity index (χ0v) is 19.1. The van der Waals surface area contributed by atoms with Crippen LogP contribution in [0.3, 0.4) is 0 Å². The van der Waals surface area contributed by atoms with Crippen molar-refractivity contribution < 1.29 is 14.3 Å². The van der Waals surface area contributed by atoms with Crippen molar-refractivity contribution in [1.82, 2.24) is 0 Å². The monoisotopic (exact) mass is 446 g/mol. The third-order valence-corrected chi connectivity index (χ3v) is 5.83. The van der Waals surface area contributed by atoms with Crippen LogP contribution in [0.4, 0.5) is 11.4 Å². The number of carbonyl (C=O) groups excluding carboxylic acids is 2. The molecular weight excluding hydrogens is 424 g/mol. The highest BCUT2D eigenvalue weighted by Gasteiger charge is 2.40. The first-order chi connectivity index (χ1) is 15.3. The molecular formula is C26H23ClN2O3. The lowest BCUT2D eigenvalue weighted by atomic mass is 10.0. The molecule has 162 valence electrons. The molecule has 3 aromatic carbocycles. The lowest BCUT2D eigenvalue weighted by Crippen LogP contribution is -2.32. The van der Waals surface area contributed by atoms with Crippen molar-refractivity contribution in [2.24, 2.45) is 0 Å². The number of nitrogens with one attached hydrogen (secondary N) is 1. The quantitative estimate of drug-likeness (QED) is 0.513. The molecule has 6 heteroatoms. The van der Waals surface area contributed by atoms with Crippen LogP contribution < -0.4 is 15.0 Å².